The Morgan fingerprint density at radius 2 is 2.16 bits per heavy atom. The van der Waals surface area contributed by atoms with Crippen molar-refractivity contribution in [2.45, 2.75) is 44.6 Å². The molecule has 2 fully saturated rings. The second-order valence-corrected chi connectivity index (χ2v) is 9.49. The molecule has 162 valence electrons. The number of amides is 1. The van der Waals surface area contributed by atoms with Gasteiger partial charge in [-0.3, -0.25) is 7.91 Å². The maximum atomic E-state index is 13.6. The minimum Gasteiger partial charge on any atom is -0.481 e. The molecule has 0 aromatic carbocycles. The summed E-state index contributed by atoms with van der Waals surface area (Å²) in [4.78, 5) is 28.9. The van der Waals surface area contributed by atoms with E-state index in [9.17, 15) is 4.79 Å². The second kappa shape index (κ2) is 7.61. The Hall–Kier alpha value is -2.43. The van der Waals surface area contributed by atoms with Crippen LogP contribution in [-0.2, 0) is 0 Å². The molecule has 1 aliphatic heterocycles. The molecule has 1 aliphatic carbocycles. The van der Waals surface area contributed by atoms with Gasteiger partial charge in [-0.15, -0.1) is 0 Å². The molecule has 1 amide bonds. The van der Waals surface area contributed by atoms with Crippen LogP contribution in [0.1, 0.15) is 53.9 Å². The number of fused-ring (bicyclic) bond motifs is 1. The number of hydrogen-bond acceptors (Lipinski definition) is 7. The molecule has 8 nitrogen and oxygen atoms in total. The highest BCUT2D eigenvalue weighted by Gasteiger charge is 2.45. The van der Waals surface area contributed by atoms with Crippen molar-refractivity contribution in [1.29, 1.82) is 0 Å². The number of aryl methyl sites for hydroxylation is 1. The SMILES string of the molecule is COc1cccc(C2CCN(C(=O)c3c(C)oc4ncnc(N(I)C5(C)CC5)c34)C2)n1. The lowest BCUT2D eigenvalue weighted by Crippen LogP contribution is -2.30. The van der Waals surface area contributed by atoms with Gasteiger partial charge < -0.3 is 14.1 Å². The molecule has 4 heterocycles. The maximum absolute atomic E-state index is 13.6. The lowest BCUT2D eigenvalue weighted by atomic mass is 10.0. The Labute approximate surface area is 194 Å². The number of carbonyl (C=O) groups is 1. The lowest BCUT2D eigenvalue weighted by molar-refractivity contribution is 0.0790. The van der Waals surface area contributed by atoms with Gasteiger partial charge in [0.2, 0.25) is 11.6 Å². The maximum Gasteiger partial charge on any atom is 0.258 e. The minimum atomic E-state index is -0.0385. The Morgan fingerprint density at radius 3 is 2.90 bits per heavy atom. The number of hydrogen-bond donors (Lipinski definition) is 0. The molecule has 1 saturated heterocycles. The van der Waals surface area contributed by atoms with E-state index >= 15 is 0 Å². The Bertz CT molecular complexity index is 1160. The van der Waals surface area contributed by atoms with Crippen molar-refractivity contribution in [3.63, 3.8) is 0 Å². The summed E-state index contributed by atoms with van der Waals surface area (Å²) in [6.45, 7) is 5.31. The minimum absolute atomic E-state index is 0.0385. The number of likely N-dealkylation sites (tertiary alicyclic amines) is 1. The number of pyridine rings is 1. The van der Waals surface area contributed by atoms with Gasteiger partial charge in [0.1, 0.15) is 12.1 Å². The average Bonchev–Trinajstić information content (AvgIpc) is 3.21. The topological polar surface area (TPSA) is 84.6 Å². The summed E-state index contributed by atoms with van der Waals surface area (Å²) < 4.78 is 13.3. The smallest absolute Gasteiger partial charge is 0.258 e. The molecule has 9 heteroatoms. The van der Waals surface area contributed by atoms with E-state index in [1.54, 1.807) is 7.11 Å². The van der Waals surface area contributed by atoms with Gasteiger partial charge in [0, 0.05) is 36.3 Å². The molecule has 0 radical (unpaired) electrons. The summed E-state index contributed by atoms with van der Waals surface area (Å²) in [5.74, 6) is 2.06. The van der Waals surface area contributed by atoms with Crippen molar-refractivity contribution < 1.29 is 13.9 Å². The molecule has 0 spiro atoms. The molecule has 2 aliphatic rings. The number of halogens is 1. The van der Waals surface area contributed by atoms with Gasteiger partial charge in [-0.1, -0.05) is 6.07 Å². The Balaban J connectivity index is 1.47. The zero-order valence-electron chi connectivity index (χ0n) is 17.8. The Kier molecular flexibility index (Phi) is 5.03. The van der Waals surface area contributed by atoms with Gasteiger partial charge in [-0.2, -0.15) is 0 Å². The van der Waals surface area contributed by atoms with E-state index < -0.39 is 0 Å². The van der Waals surface area contributed by atoms with Crippen molar-refractivity contribution in [3.05, 3.63) is 41.5 Å². The molecule has 1 saturated carbocycles. The van der Waals surface area contributed by atoms with Crippen molar-refractivity contribution in [2.75, 3.05) is 23.3 Å². The van der Waals surface area contributed by atoms with E-state index in [1.165, 1.54) is 6.33 Å². The molecule has 3 aromatic heterocycles. The summed E-state index contributed by atoms with van der Waals surface area (Å²) in [7, 11) is 1.61. The fourth-order valence-electron chi connectivity index (χ4n) is 4.18. The summed E-state index contributed by atoms with van der Waals surface area (Å²) >= 11 is 2.30. The third-order valence-corrected chi connectivity index (χ3v) is 7.96. The van der Waals surface area contributed by atoms with Crippen molar-refractivity contribution in [2.24, 2.45) is 0 Å². The standard InChI is InChI=1S/C22H24IN5O3/c1-13-17(18-19(24-12-25-20(18)31-13)28(23)22(2)8-9-22)21(29)27-10-7-14(11-27)15-5-4-6-16(26-15)30-3/h4-6,12,14H,7-11H2,1-3H3. The summed E-state index contributed by atoms with van der Waals surface area (Å²) in [6, 6.07) is 5.77. The van der Waals surface area contributed by atoms with Gasteiger partial charge >= 0.3 is 0 Å². The van der Waals surface area contributed by atoms with Crippen LogP contribution >= 0.6 is 22.9 Å². The second-order valence-electron chi connectivity index (χ2n) is 8.53. The molecule has 1 unspecified atom stereocenters. The van der Waals surface area contributed by atoms with E-state index in [0.29, 0.717) is 41.4 Å². The normalized spacial score (nSPS) is 19.6. The van der Waals surface area contributed by atoms with E-state index in [1.807, 2.05) is 30.0 Å². The van der Waals surface area contributed by atoms with E-state index in [2.05, 4.69) is 47.9 Å². The summed E-state index contributed by atoms with van der Waals surface area (Å²) in [6.07, 6.45) is 4.57. The van der Waals surface area contributed by atoms with Crippen LogP contribution in [0.5, 0.6) is 5.88 Å². The van der Waals surface area contributed by atoms with Crippen molar-refractivity contribution in [1.82, 2.24) is 19.9 Å². The van der Waals surface area contributed by atoms with Crippen molar-refractivity contribution in [3.8, 4) is 5.88 Å². The quantitative estimate of drug-likeness (QED) is 0.358. The van der Waals surface area contributed by atoms with Crippen LogP contribution in [0.2, 0.25) is 0 Å². The number of rotatable bonds is 5. The molecule has 5 rings (SSSR count). The van der Waals surface area contributed by atoms with Gasteiger partial charge in [0.15, 0.2) is 5.82 Å². The largest absolute Gasteiger partial charge is 0.481 e. The van der Waals surface area contributed by atoms with E-state index in [4.69, 9.17) is 9.15 Å². The van der Waals surface area contributed by atoms with Crippen LogP contribution in [0.25, 0.3) is 11.1 Å². The van der Waals surface area contributed by atoms with Crippen LogP contribution < -0.4 is 7.85 Å². The zero-order valence-corrected chi connectivity index (χ0v) is 19.9. The predicted octanol–water partition coefficient (Wildman–Crippen LogP) is 4.27. The van der Waals surface area contributed by atoms with Crippen LogP contribution in [0, 0.1) is 6.92 Å². The zero-order chi connectivity index (χ0) is 21.8. The number of aromatic nitrogens is 3. The highest BCUT2D eigenvalue weighted by Crippen LogP contribution is 2.47. The van der Waals surface area contributed by atoms with Gasteiger partial charge in [0.25, 0.3) is 5.91 Å². The van der Waals surface area contributed by atoms with E-state index in [0.717, 1.165) is 30.8 Å². The van der Waals surface area contributed by atoms with Crippen LogP contribution in [0.4, 0.5) is 5.82 Å². The molecular weight excluding hydrogens is 509 g/mol. The highest BCUT2D eigenvalue weighted by molar-refractivity contribution is 14.1. The number of furan rings is 1. The molecule has 31 heavy (non-hydrogen) atoms. The van der Waals surface area contributed by atoms with Crippen LogP contribution in [0.15, 0.2) is 28.9 Å². The third kappa shape index (κ3) is 3.52. The first-order valence-corrected chi connectivity index (χ1v) is 11.4. The number of anilines is 1. The average molecular weight is 533 g/mol. The first-order valence-electron chi connectivity index (χ1n) is 10.4. The summed E-state index contributed by atoms with van der Waals surface area (Å²) in [5.41, 5.74) is 2.04. The summed E-state index contributed by atoms with van der Waals surface area (Å²) in [5, 5.41) is 0.704. The van der Waals surface area contributed by atoms with Crippen LogP contribution in [-0.4, -0.2) is 51.5 Å². The van der Waals surface area contributed by atoms with Gasteiger partial charge in [0.05, 0.1) is 40.9 Å². The van der Waals surface area contributed by atoms with Crippen LogP contribution in [0.3, 0.4) is 0 Å². The Morgan fingerprint density at radius 1 is 1.35 bits per heavy atom. The fraction of sp³-hybridized carbons (Fsp3) is 0.455. The molecular formula is C22H24IN5O3. The first-order chi connectivity index (χ1) is 14.9. The fourth-order valence-corrected chi connectivity index (χ4v) is 5.03. The molecule has 3 aromatic rings. The number of ether oxygens (including phenoxy) is 1. The number of carbonyl (C=O) groups excluding carboxylic acids is 1. The number of methoxy groups -OCH3 is 1. The molecule has 1 atom stereocenters. The monoisotopic (exact) mass is 533 g/mol. The third-order valence-electron chi connectivity index (χ3n) is 6.34. The molecule has 0 N–H and O–H groups in total. The molecule has 0 bridgehead atoms. The van der Waals surface area contributed by atoms with Gasteiger partial charge in [-0.05, 0) is 39.2 Å². The van der Waals surface area contributed by atoms with Crippen molar-refractivity contribution >= 4 is 45.7 Å². The first kappa shape index (κ1) is 20.5. The predicted molar refractivity (Wildman–Crippen MR) is 125 cm³/mol. The number of nitrogens with zero attached hydrogens (tertiary/aromatic N) is 5. The lowest BCUT2D eigenvalue weighted by Gasteiger charge is -2.24. The van der Waals surface area contributed by atoms with Gasteiger partial charge in [-0.25, -0.2) is 15.0 Å². The highest BCUT2D eigenvalue weighted by atomic mass is 127. The van der Waals surface area contributed by atoms with E-state index in [-0.39, 0.29) is 17.4 Å².